The largest absolute Gasteiger partial charge is 0.308 e. The molecule has 0 radical (unpaired) electrons. The van der Waals surface area contributed by atoms with Gasteiger partial charge in [0.25, 0.3) is 0 Å². The quantitative estimate of drug-likeness (QED) is 0.823. The summed E-state index contributed by atoms with van der Waals surface area (Å²) in [5, 5.41) is 5.58. The minimum Gasteiger partial charge on any atom is -0.308 e. The minimum absolute atomic E-state index is 0.606. The monoisotopic (exact) mass is 323 g/mol. The van der Waals surface area contributed by atoms with E-state index < -0.39 is 0 Å². The number of rotatable bonds is 5. The summed E-state index contributed by atoms with van der Waals surface area (Å²) < 4.78 is 1.20. The van der Waals surface area contributed by atoms with E-state index in [0.717, 1.165) is 13.1 Å². The first-order valence-corrected chi connectivity index (χ1v) is 7.85. The van der Waals surface area contributed by atoms with Gasteiger partial charge in [0.2, 0.25) is 0 Å². The van der Waals surface area contributed by atoms with E-state index in [1.54, 1.807) is 11.3 Å². The van der Waals surface area contributed by atoms with Gasteiger partial charge in [-0.1, -0.05) is 38.1 Å². The zero-order chi connectivity index (χ0) is 13.0. The van der Waals surface area contributed by atoms with Gasteiger partial charge in [0, 0.05) is 22.4 Å². The molecule has 0 unspecified atom stereocenters. The van der Waals surface area contributed by atoms with Gasteiger partial charge in [0.05, 0.1) is 0 Å². The molecule has 0 saturated carbocycles. The molecule has 2 rings (SSSR count). The van der Waals surface area contributed by atoms with E-state index in [-0.39, 0.29) is 0 Å². The van der Waals surface area contributed by atoms with E-state index in [2.05, 4.69) is 70.8 Å². The van der Waals surface area contributed by atoms with Crippen molar-refractivity contribution in [2.24, 2.45) is 0 Å². The molecular weight excluding hydrogens is 306 g/mol. The van der Waals surface area contributed by atoms with E-state index in [0.29, 0.717) is 5.92 Å². The van der Waals surface area contributed by atoms with Crippen LogP contribution in [0.5, 0.6) is 0 Å². The van der Waals surface area contributed by atoms with Crippen molar-refractivity contribution in [3.63, 3.8) is 0 Å². The molecule has 96 valence electrons. The van der Waals surface area contributed by atoms with Gasteiger partial charge in [-0.15, -0.1) is 11.3 Å². The average molecular weight is 324 g/mol. The Hall–Kier alpha value is -0.640. The molecule has 0 amide bonds. The molecule has 3 heteroatoms. The highest BCUT2D eigenvalue weighted by Crippen LogP contribution is 2.22. The first-order chi connectivity index (χ1) is 8.66. The third-order valence-corrected chi connectivity index (χ3v) is 4.88. The summed E-state index contributed by atoms with van der Waals surface area (Å²) in [4.78, 5) is 1.36. The predicted molar refractivity (Wildman–Crippen MR) is 83.1 cm³/mol. The van der Waals surface area contributed by atoms with Crippen molar-refractivity contribution in [3.05, 3.63) is 56.2 Å². The van der Waals surface area contributed by atoms with Gasteiger partial charge >= 0.3 is 0 Å². The third-order valence-electron chi connectivity index (χ3n) is 2.95. The molecule has 1 aromatic carbocycles. The van der Waals surface area contributed by atoms with Crippen LogP contribution in [-0.2, 0) is 13.1 Å². The molecule has 0 bridgehead atoms. The van der Waals surface area contributed by atoms with E-state index in [4.69, 9.17) is 0 Å². The number of halogens is 1. The summed E-state index contributed by atoms with van der Waals surface area (Å²) in [6, 6.07) is 11.0. The molecular formula is C15H18BrNS. The van der Waals surface area contributed by atoms with Crippen molar-refractivity contribution in [1.29, 1.82) is 0 Å². The van der Waals surface area contributed by atoms with E-state index in [9.17, 15) is 0 Å². The smallest absolute Gasteiger partial charge is 0.0327 e. The van der Waals surface area contributed by atoms with Crippen LogP contribution in [0.15, 0.2) is 40.2 Å². The van der Waals surface area contributed by atoms with E-state index in [1.165, 1.54) is 20.5 Å². The Kier molecular flexibility index (Phi) is 4.98. The van der Waals surface area contributed by atoms with Crippen LogP contribution in [0.4, 0.5) is 0 Å². The predicted octanol–water partition coefficient (Wildman–Crippen LogP) is 4.92. The summed E-state index contributed by atoms with van der Waals surface area (Å²) in [6.45, 7) is 6.29. The van der Waals surface area contributed by atoms with Gasteiger partial charge in [0.15, 0.2) is 0 Å². The minimum atomic E-state index is 0.606. The highest BCUT2D eigenvalue weighted by atomic mass is 79.9. The second-order valence-electron chi connectivity index (χ2n) is 4.69. The second-order valence-corrected chi connectivity index (χ2v) is 6.55. The number of nitrogens with one attached hydrogen (secondary N) is 1. The molecule has 0 spiro atoms. The molecule has 0 saturated heterocycles. The van der Waals surface area contributed by atoms with Crippen LogP contribution in [0, 0.1) is 0 Å². The number of hydrogen-bond acceptors (Lipinski definition) is 2. The van der Waals surface area contributed by atoms with Crippen LogP contribution in [0.3, 0.4) is 0 Å². The zero-order valence-electron chi connectivity index (χ0n) is 10.7. The lowest BCUT2D eigenvalue weighted by atomic mass is 10.0. The molecule has 0 fully saturated rings. The van der Waals surface area contributed by atoms with Crippen LogP contribution in [-0.4, -0.2) is 0 Å². The van der Waals surface area contributed by atoms with Crippen LogP contribution < -0.4 is 5.32 Å². The Morgan fingerprint density at radius 3 is 2.39 bits per heavy atom. The maximum atomic E-state index is 3.55. The first kappa shape index (κ1) is 13.8. The Balaban J connectivity index is 1.85. The maximum absolute atomic E-state index is 3.55. The fourth-order valence-corrected chi connectivity index (χ4v) is 3.25. The fourth-order valence-electron chi connectivity index (χ4n) is 1.79. The van der Waals surface area contributed by atoms with Crippen LogP contribution in [0.1, 0.15) is 35.8 Å². The van der Waals surface area contributed by atoms with Gasteiger partial charge in [0.1, 0.15) is 0 Å². The Bertz CT molecular complexity index is 487. The van der Waals surface area contributed by atoms with Crippen molar-refractivity contribution in [2.75, 3.05) is 0 Å². The number of thiophene rings is 1. The number of benzene rings is 1. The third kappa shape index (κ3) is 3.67. The molecule has 1 heterocycles. The summed E-state index contributed by atoms with van der Waals surface area (Å²) >= 11 is 5.33. The van der Waals surface area contributed by atoms with Gasteiger partial charge in [-0.05, 0) is 44.4 Å². The standard InChI is InChI=1S/C15H18BrNS/c1-11(2)13-5-3-12(4-6-13)9-17-10-15-14(16)7-8-18-15/h3-8,11,17H,9-10H2,1-2H3. The molecule has 0 aliphatic rings. The summed E-state index contributed by atoms with van der Waals surface area (Å²) in [6.07, 6.45) is 0. The molecule has 0 atom stereocenters. The Labute approximate surface area is 121 Å². The molecule has 1 nitrogen and oxygen atoms in total. The lowest BCUT2D eigenvalue weighted by Gasteiger charge is -2.08. The SMILES string of the molecule is CC(C)c1ccc(CNCc2sccc2Br)cc1. The first-order valence-electron chi connectivity index (χ1n) is 6.18. The normalized spacial score (nSPS) is 11.1. The molecule has 2 aromatic rings. The lowest BCUT2D eigenvalue weighted by molar-refractivity contribution is 0.699. The Morgan fingerprint density at radius 2 is 1.83 bits per heavy atom. The average Bonchev–Trinajstić information content (AvgIpc) is 2.76. The lowest BCUT2D eigenvalue weighted by Crippen LogP contribution is -2.12. The zero-order valence-corrected chi connectivity index (χ0v) is 13.1. The summed E-state index contributed by atoms with van der Waals surface area (Å²) in [7, 11) is 0. The van der Waals surface area contributed by atoms with Crippen molar-refractivity contribution < 1.29 is 0 Å². The fraction of sp³-hybridized carbons (Fsp3) is 0.333. The van der Waals surface area contributed by atoms with Crippen molar-refractivity contribution in [1.82, 2.24) is 5.32 Å². The molecule has 1 N–H and O–H groups in total. The van der Waals surface area contributed by atoms with Gasteiger partial charge in [-0.25, -0.2) is 0 Å². The summed E-state index contributed by atoms with van der Waals surface area (Å²) in [5.74, 6) is 0.606. The second kappa shape index (κ2) is 6.50. The van der Waals surface area contributed by atoms with Crippen LogP contribution in [0.25, 0.3) is 0 Å². The van der Waals surface area contributed by atoms with Crippen molar-refractivity contribution in [2.45, 2.75) is 32.9 Å². The van der Waals surface area contributed by atoms with Gasteiger partial charge < -0.3 is 5.32 Å². The van der Waals surface area contributed by atoms with Crippen LogP contribution in [0.2, 0.25) is 0 Å². The molecule has 18 heavy (non-hydrogen) atoms. The molecule has 1 aromatic heterocycles. The van der Waals surface area contributed by atoms with Gasteiger partial charge in [-0.2, -0.15) is 0 Å². The van der Waals surface area contributed by atoms with Crippen molar-refractivity contribution in [3.8, 4) is 0 Å². The van der Waals surface area contributed by atoms with Gasteiger partial charge in [-0.3, -0.25) is 0 Å². The number of hydrogen-bond donors (Lipinski definition) is 1. The molecule has 0 aliphatic carbocycles. The topological polar surface area (TPSA) is 12.0 Å². The highest BCUT2D eigenvalue weighted by Gasteiger charge is 2.01. The Morgan fingerprint density at radius 1 is 1.11 bits per heavy atom. The molecule has 0 aliphatic heterocycles. The van der Waals surface area contributed by atoms with Crippen molar-refractivity contribution >= 4 is 27.3 Å². The maximum Gasteiger partial charge on any atom is 0.0327 e. The summed E-state index contributed by atoms with van der Waals surface area (Å²) in [5.41, 5.74) is 2.74. The van der Waals surface area contributed by atoms with Crippen LogP contribution >= 0.6 is 27.3 Å². The van der Waals surface area contributed by atoms with E-state index >= 15 is 0 Å². The highest BCUT2D eigenvalue weighted by molar-refractivity contribution is 9.10. The van der Waals surface area contributed by atoms with E-state index in [1.807, 2.05) is 0 Å².